The Balaban J connectivity index is 1.74. The second-order valence-electron chi connectivity index (χ2n) is 8.70. The fraction of sp³-hybridized carbons (Fsp3) is 0.842. The van der Waals surface area contributed by atoms with Crippen LogP contribution in [0, 0.1) is 28.6 Å². The number of hydrogen-bond acceptors (Lipinski definition) is 2. The lowest BCUT2D eigenvalue weighted by molar-refractivity contribution is -0.132. The molecule has 122 valence electrons. The summed E-state index contributed by atoms with van der Waals surface area (Å²) in [5.41, 5.74) is 0.628. The molecule has 0 bridgehead atoms. The smallest absolute Gasteiger partial charge is 0.139 e. The molecule has 3 heteroatoms. The molecular weight excluding hydrogens is 279 g/mol. The van der Waals surface area contributed by atoms with Crippen molar-refractivity contribution in [2.24, 2.45) is 28.6 Å². The Morgan fingerprint density at radius 3 is 2.50 bits per heavy atom. The van der Waals surface area contributed by atoms with E-state index in [1.165, 1.54) is 0 Å². The molecule has 22 heavy (non-hydrogen) atoms. The number of hydrogen-bond donors (Lipinski definition) is 1. The van der Waals surface area contributed by atoms with Gasteiger partial charge in [0.15, 0.2) is 0 Å². The maximum absolute atomic E-state index is 14.9. The molecule has 0 radical (unpaired) electrons. The van der Waals surface area contributed by atoms with Crippen LogP contribution in [-0.2, 0) is 4.79 Å². The summed E-state index contributed by atoms with van der Waals surface area (Å²) in [5.74, 6) is 1.64. The standard InChI is InChI=1S/C19H27FO2/c1-18-7-5-11(21)9-15(18)16(20)10-12-13-3-4-17(22)19(13,2)8-6-14(12)18/h11-14,21H,3-10H2,1-2H3/t11-,12-,13-,14-,18+,19-/m0/s1. The lowest BCUT2D eigenvalue weighted by Gasteiger charge is -2.56. The van der Waals surface area contributed by atoms with Crippen LogP contribution in [0.2, 0.25) is 0 Å². The minimum absolute atomic E-state index is 0.0334. The van der Waals surface area contributed by atoms with E-state index in [4.69, 9.17) is 0 Å². The number of ketones is 1. The Morgan fingerprint density at radius 2 is 1.73 bits per heavy atom. The van der Waals surface area contributed by atoms with Crippen LogP contribution in [0.15, 0.2) is 11.4 Å². The fourth-order valence-electron chi connectivity index (χ4n) is 6.48. The number of halogens is 1. The van der Waals surface area contributed by atoms with Gasteiger partial charge in [0, 0.05) is 18.3 Å². The van der Waals surface area contributed by atoms with Crippen molar-refractivity contribution in [3.63, 3.8) is 0 Å². The van der Waals surface area contributed by atoms with E-state index in [1.807, 2.05) is 0 Å². The molecule has 3 saturated carbocycles. The van der Waals surface area contributed by atoms with Gasteiger partial charge in [0.25, 0.3) is 0 Å². The van der Waals surface area contributed by atoms with Crippen LogP contribution in [0.1, 0.15) is 65.2 Å². The molecule has 4 aliphatic rings. The number of Topliss-reactive ketones (excluding diaryl/α,β-unsaturated/α-hetero) is 1. The molecule has 6 atom stereocenters. The SMILES string of the molecule is C[C@]12CC[C@H](O)CC1=C(F)C[C@@H]1[C@@H]2CC[C@]2(C)C(=O)CC[C@@H]12. The van der Waals surface area contributed by atoms with E-state index in [0.717, 1.165) is 37.7 Å². The molecule has 2 nitrogen and oxygen atoms in total. The van der Waals surface area contributed by atoms with Gasteiger partial charge in [0.1, 0.15) is 11.6 Å². The van der Waals surface area contributed by atoms with Gasteiger partial charge in [0.05, 0.1) is 6.10 Å². The Labute approximate surface area is 132 Å². The molecule has 4 aliphatic carbocycles. The van der Waals surface area contributed by atoms with E-state index in [-0.39, 0.29) is 22.8 Å². The van der Waals surface area contributed by atoms with E-state index in [1.54, 1.807) is 0 Å². The van der Waals surface area contributed by atoms with Gasteiger partial charge in [-0.25, -0.2) is 4.39 Å². The highest BCUT2D eigenvalue weighted by Gasteiger charge is 2.59. The van der Waals surface area contributed by atoms with E-state index < -0.39 is 0 Å². The van der Waals surface area contributed by atoms with Crippen LogP contribution < -0.4 is 0 Å². The van der Waals surface area contributed by atoms with Crippen molar-refractivity contribution in [2.45, 2.75) is 71.3 Å². The third kappa shape index (κ3) is 1.78. The summed E-state index contributed by atoms with van der Waals surface area (Å²) in [4.78, 5) is 12.4. The summed E-state index contributed by atoms with van der Waals surface area (Å²) < 4.78 is 14.9. The monoisotopic (exact) mass is 306 g/mol. The van der Waals surface area contributed by atoms with Gasteiger partial charge in [-0.3, -0.25) is 4.79 Å². The number of allylic oxidation sites excluding steroid dienone is 1. The minimum Gasteiger partial charge on any atom is -0.393 e. The lowest BCUT2D eigenvalue weighted by Crippen LogP contribution is -2.51. The maximum Gasteiger partial charge on any atom is 0.139 e. The summed E-state index contributed by atoms with van der Waals surface area (Å²) >= 11 is 0. The second kappa shape index (κ2) is 4.66. The molecule has 0 saturated heterocycles. The van der Waals surface area contributed by atoms with Gasteiger partial charge in [-0.15, -0.1) is 0 Å². The van der Waals surface area contributed by atoms with Gasteiger partial charge >= 0.3 is 0 Å². The number of aliphatic hydroxyl groups is 1. The van der Waals surface area contributed by atoms with E-state index in [0.29, 0.717) is 42.8 Å². The average Bonchev–Trinajstić information content (AvgIpc) is 2.77. The molecule has 0 aromatic carbocycles. The van der Waals surface area contributed by atoms with Crippen LogP contribution >= 0.6 is 0 Å². The average molecular weight is 306 g/mol. The third-order valence-corrected chi connectivity index (χ3v) is 7.83. The van der Waals surface area contributed by atoms with Crippen LogP contribution in [0.25, 0.3) is 0 Å². The zero-order valence-corrected chi connectivity index (χ0v) is 13.7. The zero-order chi connectivity index (χ0) is 15.7. The first kappa shape index (κ1) is 14.9. The van der Waals surface area contributed by atoms with Crippen molar-refractivity contribution in [1.29, 1.82) is 0 Å². The number of aliphatic hydroxyl groups excluding tert-OH is 1. The summed E-state index contributed by atoms with van der Waals surface area (Å²) in [6, 6.07) is 0. The van der Waals surface area contributed by atoms with E-state index >= 15 is 0 Å². The van der Waals surface area contributed by atoms with Gasteiger partial charge < -0.3 is 5.11 Å². The molecule has 0 unspecified atom stereocenters. The van der Waals surface area contributed by atoms with Crippen molar-refractivity contribution in [3.8, 4) is 0 Å². The van der Waals surface area contributed by atoms with Crippen molar-refractivity contribution in [3.05, 3.63) is 11.4 Å². The topological polar surface area (TPSA) is 37.3 Å². The van der Waals surface area contributed by atoms with Crippen molar-refractivity contribution < 1.29 is 14.3 Å². The van der Waals surface area contributed by atoms with Gasteiger partial charge in [-0.05, 0) is 67.3 Å². The summed E-state index contributed by atoms with van der Waals surface area (Å²) in [6.45, 7) is 4.36. The number of fused-ring (bicyclic) bond motifs is 5. The van der Waals surface area contributed by atoms with Gasteiger partial charge in [-0.1, -0.05) is 13.8 Å². The molecule has 0 heterocycles. The van der Waals surface area contributed by atoms with Gasteiger partial charge in [0.2, 0.25) is 0 Å². The predicted octanol–water partition coefficient (Wildman–Crippen LogP) is 4.18. The Kier molecular flexibility index (Phi) is 3.15. The van der Waals surface area contributed by atoms with E-state index in [2.05, 4.69) is 13.8 Å². The molecular formula is C19H27FO2. The van der Waals surface area contributed by atoms with Crippen LogP contribution in [0.4, 0.5) is 4.39 Å². The first-order chi connectivity index (χ1) is 10.4. The number of carbonyl (C=O) groups is 1. The molecule has 1 N–H and O–H groups in total. The highest BCUT2D eigenvalue weighted by Crippen LogP contribution is 2.65. The lowest BCUT2D eigenvalue weighted by atomic mass is 9.48. The molecule has 0 aromatic rings. The maximum atomic E-state index is 14.9. The molecule has 0 aromatic heterocycles. The normalized spacial score (nSPS) is 51.4. The first-order valence-corrected chi connectivity index (χ1v) is 8.95. The predicted molar refractivity (Wildman–Crippen MR) is 82.8 cm³/mol. The van der Waals surface area contributed by atoms with Crippen molar-refractivity contribution in [1.82, 2.24) is 0 Å². The molecule has 4 rings (SSSR count). The second-order valence-corrected chi connectivity index (χ2v) is 8.70. The zero-order valence-electron chi connectivity index (χ0n) is 13.7. The van der Waals surface area contributed by atoms with Crippen molar-refractivity contribution >= 4 is 5.78 Å². The first-order valence-electron chi connectivity index (χ1n) is 8.95. The fourth-order valence-corrected chi connectivity index (χ4v) is 6.48. The Bertz CT molecular complexity index is 554. The highest BCUT2D eigenvalue weighted by atomic mass is 19.1. The molecule has 0 aliphatic heterocycles. The quantitative estimate of drug-likeness (QED) is 0.729. The number of carbonyl (C=O) groups excluding carboxylic acids is 1. The van der Waals surface area contributed by atoms with Crippen LogP contribution in [-0.4, -0.2) is 17.0 Å². The van der Waals surface area contributed by atoms with Crippen molar-refractivity contribution in [2.75, 3.05) is 0 Å². The largest absolute Gasteiger partial charge is 0.393 e. The van der Waals surface area contributed by atoms with Crippen LogP contribution in [0.3, 0.4) is 0 Å². The Hall–Kier alpha value is -0.700. The summed E-state index contributed by atoms with van der Waals surface area (Å²) in [6.07, 6.45) is 6.02. The summed E-state index contributed by atoms with van der Waals surface area (Å²) in [5, 5.41) is 9.96. The third-order valence-electron chi connectivity index (χ3n) is 7.83. The minimum atomic E-state index is -0.368. The summed E-state index contributed by atoms with van der Waals surface area (Å²) in [7, 11) is 0. The van der Waals surface area contributed by atoms with E-state index in [9.17, 15) is 14.3 Å². The van der Waals surface area contributed by atoms with Crippen LogP contribution in [0.5, 0.6) is 0 Å². The molecule has 3 fully saturated rings. The number of rotatable bonds is 0. The Morgan fingerprint density at radius 1 is 1.05 bits per heavy atom. The molecule has 0 amide bonds. The van der Waals surface area contributed by atoms with Gasteiger partial charge in [-0.2, -0.15) is 0 Å². The highest BCUT2D eigenvalue weighted by molar-refractivity contribution is 5.87. The molecule has 0 spiro atoms.